The summed E-state index contributed by atoms with van der Waals surface area (Å²) in [6, 6.07) is 7.00. The fraction of sp³-hybridized carbons (Fsp3) is 0.467. The third-order valence-electron chi connectivity index (χ3n) is 2.73. The molecule has 0 atom stereocenters. The molecule has 1 aromatic rings. The van der Waals surface area contributed by atoms with E-state index in [1.807, 2.05) is 4.90 Å². The van der Waals surface area contributed by atoms with Crippen molar-refractivity contribution in [2.45, 2.75) is 33.6 Å². The Hall–Kier alpha value is -2.04. The number of nitrogens with zero attached hydrogens (tertiary/aromatic N) is 1. The van der Waals surface area contributed by atoms with E-state index in [9.17, 15) is 9.59 Å². The molecule has 5 heteroatoms. The Bertz CT molecular complexity index is 437. The van der Waals surface area contributed by atoms with Crippen LogP contribution in [-0.4, -0.2) is 29.9 Å². The van der Waals surface area contributed by atoms with Gasteiger partial charge in [0.05, 0.1) is 0 Å². The van der Waals surface area contributed by atoms with Crippen LogP contribution in [0.5, 0.6) is 0 Å². The lowest BCUT2D eigenvalue weighted by Gasteiger charge is -2.21. The van der Waals surface area contributed by atoms with Gasteiger partial charge in [0.15, 0.2) is 0 Å². The highest BCUT2D eigenvalue weighted by atomic mass is 16.2. The lowest BCUT2D eigenvalue weighted by atomic mass is 10.2. The molecule has 1 aromatic carbocycles. The van der Waals surface area contributed by atoms with Gasteiger partial charge in [0.2, 0.25) is 5.91 Å². The van der Waals surface area contributed by atoms with Gasteiger partial charge in [-0.25, -0.2) is 4.79 Å². The minimum absolute atomic E-state index is 0.0824. The van der Waals surface area contributed by atoms with E-state index in [2.05, 4.69) is 24.5 Å². The van der Waals surface area contributed by atoms with E-state index in [1.165, 1.54) is 6.92 Å². The number of rotatable bonds is 6. The van der Waals surface area contributed by atoms with E-state index in [-0.39, 0.29) is 11.9 Å². The van der Waals surface area contributed by atoms with Crippen molar-refractivity contribution in [1.82, 2.24) is 4.90 Å². The van der Waals surface area contributed by atoms with Crippen LogP contribution in [0.3, 0.4) is 0 Å². The van der Waals surface area contributed by atoms with Crippen molar-refractivity contribution >= 4 is 23.3 Å². The second-order valence-corrected chi connectivity index (χ2v) is 4.68. The van der Waals surface area contributed by atoms with Crippen molar-refractivity contribution < 1.29 is 9.59 Å². The average molecular weight is 277 g/mol. The summed E-state index contributed by atoms with van der Waals surface area (Å²) >= 11 is 0. The fourth-order valence-corrected chi connectivity index (χ4v) is 1.90. The molecule has 110 valence electrons. The van der Waals surface area contributed by atoms with Gasteiger partial charge in [-0.3, -0.25) is 4.79 Å². The smallest absolute Gasteiger partial charge is 0.321 e. The van der Waals surface area contributed by atoms with Gasteiger partial charge in [-0.1, -0.05) is 13.8 Å². The summed E-state index contributed by atoms with van der Waals surface area (Å²) in [5.74, 6) is -0.112. The van der Waals surface area contributed by atoms with Gasteiger partial charge >= 0.3 is 6.03 Å². The number of nitrogens with one attached hydrogen (secondary N) is 2. The lowest BCUT2D eigenvalue weighted by molar-refractivity contribution is -0.114. The number of carbonyl (C=O) groups excluding carboxylic acids is 2. The van der Waals surface area contributed by atoms with Crippen molar-refractivity contribution in [3.05, 3.63) is 24.3 Å². The van der Waals surface area contributed by atoms with Gasteiger partial charge in [-0.05, 0) is 37.1 Å². The molecule has 0 saturated carbocycles. The Labute approximate surface area is 120 Å². The van der Waals surface area contributed by atoms with Crippen LogP contribution in [0.4, 0.5) is 16.2 Å². The first-order chi connectivity index (χ1) is 9.56. The largest absolute Gasteiger partial charge is 0.326 e. The van der Waals surface area contributed by atoms with E-state index in [0.717, 1.165) is 37.3 Å². The first-order valence-electron chi connectivity index (χ1n) is 7.00. The third kappa shape index (κ3) is 5.30. The molecule has 0 aliphatic rings. The van der Waals surface area contributed by atoms with Crippen LogP contribution in [0.2, 0.25) is 0 Å². The highest BCUT2D eigenvalue weighted by Gasteiger charge is 2.11. The third-order valence-corrected chi connectivity index (χ3v) is 2.73. The zero-order valence-corrected chi connectivity index (χ0v) is 12.4. The van der Waals surface area contributed by atoms with E-state index in [4.69, 9.17) is 0 Å². The van der Waals surface area contributed by atoms with Gasteiger partial charge in [0.25, 0.3) is 0 Å². The van der Waals surface area contributed by atoms with E-state index in [1.54, 1.807) is 24.3 Å². The molecular weight excluding hydrogens is 254 g/mol. The fourth-order valence-electron chi connectivity index (χ4n) is 1.90. The summed E-state index contributed by atoms with van der Waals surface area (Å²) in [5.41, 5.74) is 1.44. The zero-order chi connectivity index (χ0) is 15.0. The molecule has 1 rings (SSSR count). The molecule has 0 unspecified atom stereocenters. The Kier molecular flexibility index (Phi) is 6.56. The van der Waals surface area contributed by atoms with E-state index in [0.29, 0.717) is 0 Å². The van der Waals surface area contributed by atoms with Gasteiger partial charge in [-0.15, -0.1) is 0 Å². The van der Waals surface area contributed by atoms with Crippen LogP contribution in [0, 0.1) is 0 Å². The van der Waals surface area contributed by atoms with E-state index >= 15 is 0 Å². The Morgan fingerprint density at radius 1 is 0.950 bits per heavy atom. The molecule has 0 aliphatic heterocycles. The van der Waals surface area contributed by atoms with Crippen molar-refractivity contribution in [2.75, 3.05) is 23.7 Å². The maximum atomic E-state index is 12.1. The summed E-state index contributed by atoms with van der Waals surface area (Å²) in [5, 5.41) is 5.55. The summed E-state index contributed by atoms with van der Waals surface area (Å²) in [4.78, 5) is 24.8. The van der Waals surface area contributed by atoms with Crippen LogP contribution in [0.1, 0.15) is 33.6 Å². The second kappa shape index (κ2) is 8.19. The molecule has 5 nitrogen and oxygen atoms in total. The standard InChI is InChI=1S/C15H23N3O2/c1-4-10-18(11-5-2)15(20)17-14-8-6-13(7-9-14)16-12(3)19/h6-9H,4-5,10-11H2,1-3H3,(H,16,19)(H,17,20). The Morgan fingerprint density at radius 3 is 1.80 bits per heavy atom. The molecule has 20 heavy (non-hydrogen) atoms. The summed E-state index contributed by atoms with van der Waals surface area (Å²) in [6.07, 6.45) is 1.88. The van der Waals surface area contributed by atoms with Crippen LogP contribution in [-0.2, 0) is 4.79 Å². The Morgan fingerprint density at radius 2 is 1.40 bits per heavy atom. The van der Waals surface area contributed by atoms with Crippen LogP contribution < -0.4 is 10.6 Å². The molecule has 3 amide bonds. The van der Waals surface area contributed by atoms with Crippen molar-refractivity contribution in [3.8, 4) is 0 Å². The minimum atomic E-state index is -0.112. The highest BCUT2D eigenvalue weighted by molar-refractivity contribution is 5.91. The quantitative estimate of drug-likeness (QED) is 0.838. The SMILES string of the molecule is CCCN(CCC)C(=O)Nc1ccc(NC(C)=O)cc1. The van der Waals surface area contributed by atoms with Crippen molar-refractivity contribution in [3.63, 3.8) is 0 Å². The van der Waals surface area contributed by atoms with Gasteiger partial charge in [-0.2, -0.15) is 0 Å². The first-order valence-corrected chi connectivity index (χ1v) is 7.00. The number of urea groups is 1. The molecule has 2 N–H and O–H groups in total. The molecule has 0 bridgehead atoms. The van der Waals surface area contributed by atoms with Gasteiger partial charge in [0, 0.05) is 31.4 Å². The predicted molar refractivity (Wildman–Crippen MR) is 81.9 cm³/mol. The normalized spacial score (nSPS) is 9.95. The maximum absolute atomic E-state index is 12.1. The van der Waals surface area contributed by atoms with Gasteiger partial charge < -0.3 is 15.5 Å². The van der Waals surface area contributed by atoms with Crippen LogP contribution in [0.25, 0.3) is 0 Å². The molecule has 0 spiro atoms. The van der Waals surface area contributed by atoms with Crippen molar-refractivity contribution in [1.29, 1.82) is 0 Å². The second-order valence-electron chi connectivity index (χ2n) is 4.68. The number of hydrogen-bond donors (Lipinski definition) is 2. The topological polar surface area (TPSA) is 61.4 Å². The average Bonchev–Trinajstić information content (AvgIpc) is 2.40. The summed E-state index contributed by atoms with van der Waals surface area (Å²) in [7, 11) is 0. The minimum Gasteiger partial charge on any atom is -0.326 e. The molecule has 0 aliphatic carbocycles. The maximum Gasteiger partial charge on any atom is 0.321 e. The highest BCUT2D eigenvalue weighted by Crippen LogP contribution is 2.14. The van der Waals surface area contributed by atoms with Crippen LogP contribution >= 0.6 is 0 Å². The number of anilines is 2. The number of amides is 3. The number of benzene rings is 1. The molecule has 0 fully saturated rings. The molecular formula is C15H23N3O2. The van der Waals surface area contributed by atoms with Crippen LogP contribution in [0.15, 0.2) is 24.3 Å². The number of carbonyl (C=O) groups is 2. The van der Waals surface area contributed by atoms with Gasteiger partial charge in [0.1, 0.15) is 0 Å². The Balaban J connectivity index is 2.62. The first kappa shape index (κ1) is 16.0. The number of hydrogen-bond acceptors (Lipinski definition) is 2. The molecule has 0 saturated heterocycles. The van der Waals surface area contributed by atoms with Crippen molar-refractivity contribution in [2.24, 2.45) is 0 Å². The predicted octanol–water partition coefficient (Wildman–Crippen LogP) is 3.30. The molecule has 0 heterocycles. The lowest BCUT2D eigenvalue weighted by Crippen LogP contribution is -2.36. The summed E-state index contributed by atoms with van der Waals surface area (Å²) < 4.78 is 0. The summed E-state index contributed by atoms with van der Waals surface area (Å²) in [6.45, 7) is 7.08. The van der Waals surface area contributed by atoms with E-state index < -0.39 is 0 Å². The molecule has 0 aromatic heterocycles. The monoisotopic (exact) mass is 277 g/mol. The zero-order valence-electron chi connectivity index (χ0n) is 12.4. The molecule has 0 radical (unpaired) electrons.